The minimum atomic E-state index is 0. The lowest BCUT2D eigenvalue weighted by Crippen LogP contribution is -2.30. The molecule has 1 aliphatic heterocycles. The second kappa shape index (κ2) is 12.9. The molecule has 2 heteroatoms. The number of unbranched alkanes of at least 4 members (excludes halogenated alkanes) is 7. The maximum absolute atomic E-state index is 2.76. The molecule has 0 saturated carbocycles. The summed E-state index contributed by atoms with van der Waals surface area (Å²) in [4.78, 5) is 2.76. The SMILES string of the molecule is CCCCCCCCCCN1CCCC1CCC.F. The molecular formula is C17H36FN. The van der Waals surface area contributed by atoms with Crippen LogP contribution in [-0.4, -0.2) is 24.0 Å². The Kier molecular flexibility index (Phi) is 12.8. The third-order valence-electron chi connectivity index (χ3n) is 4.42. The lowest BCUT2D eigenvalue weighted by atomic mass is 10.1. The van der Waals surface area contributed by atoms with Gasteiger partial charge in [-0.2, -0.15) is 0 Å². The predicted octanol–water partition coefficient (Wildman–Crippen LogP) is 5.54. The van der Waals surface area contributed by atoms with Crippen LogP contribution in [0.15, 0.2) is 0 Å². The molecule has 0 spiro atoms. The summed E-state index contributed by atoms with van der Waals surface area (Å²) in [6.07, 6.45) is 17.3. The lowest BCUT2D eigenvalue weighted by Gasteiger charge is -2.23. The highest BCUT2D eigenvalue weighted by Gasteiger charge is 2.22. The minimum Gasteiger partial charge on any atom is -0.300 e. The van der Waals surface area contributed by atoms with Crippen molar-refractivity contribution in [2.45, 2.75) is 96.9 Å². The average molecular weight is 273 g/mol. The van der Waals surface area contributed by atoms with Crippen LogP contribution in [0, 0.1) is 0 Å². The third-order valence-corrected chi connectivity index (χ3v) is 4.42. The van der Waals surface area contributed by atoms with Crippen molar-refractivity contribution in [2.24, 2.45) is 0 Å². The summed E-state index contributed by atoms with van der Waals surface area (Å²) in [6.45, 7) is 7.37. The number of likely N-dealkylation sites (tertiary alicyclic amines) is 1. The van der Waals surface area contributed by atoms with Gasteiger partial charge in [0.2, 0.25) is 0 Å². The van der Waals surface area contributed by atoms with Crippen LogP contribution in [0.1, 0.15) is 90.9 Å². The highest BCUT2D eigenvalue weighted by Crippen LogP contribution is 2.21. The molecule has 1 saturated heterocycles. The van der Waals surface area contributed by atoms with E-state index in [2.05, 4.69) is 18.7 Å². The van der Waals surface area contributed by atoms with E-state index in [0.717, 1.165) is 6.04 Å². The predicted molar refractivity (Wildman–Crippen MR) is 84.6 cm³/mol. The molecule has 0 amide bonds. The van der Waals surface area contributed by atoms with Gasteiger partial charge in [-0.15, -0.1) is 0 Å². The van der Waals surface area contributed by atoms with E-state index in [4.69, 9.17) is 0 Å². The normalized spacial score (nSPS) is 19.6. The van der Waals surface area contributed by atoms with Gasteiger partial charge in [-0.05, 0) is 38.8 Å². The fraction of sp³-hybridized carbons (Fsp3) is 1.00. The first-order chi connectivity index (χ1) is 8.88. The van der Waals surface area contributed by atoms with Crippen molar-refractivity contribution < 1.29 is 4.70 Å². The summed E-state index contributed by atoms with van der Waals surface area (Å²) in [5, 5.41) is 0. The second-order valence-corrected chi connectivity index (χ2v) is 6.10. The molecule has 1 aliphatic rings. The first-order valence-corrected chi connectivity index (χ1v) is 8.62. The fourth-order valence-corrected chi connectivity index (χ4v) is 3.30. The summed E-state index contributed by atoms with van der Waals surface area (Å²) in [6, 6.07) is 0.930. The summed E-state index contributed by atoms with van der Waals surface area (Å²) in [7, 11) is 0. The Hall–Kier alpha value is -0.110. The summed E-state index contributed by atoms with van der Waals surface area (Å²) < 4.78 is 0. The van der Waals surface area contributed by atoms with Crippen molar-refractivity contribution in [1.82, 2.24) is 4.90 Å². The number of hydrogen-bond donors (Lipinski definition) is 0. The topological polar surface area (TPSA) is 3.24 Å². The van der Waals surface area contributed by atoms with Gasteiger partial charge in [0.05, 0.1) is 0 Å². The maximum Gasteiger partial charge on any atom is 0.00956 e. The van der Waals surface area contributed by atoms with E-state index in [1.165, 1.54) is 90.1 Å². The molecule has 1 unspecified atom stereocenters. The third kappa shape index (κ3) is 8.62. The van der Waals surface area contributed by atoms with Gasteiger partial charge in [-0.3, -0.25) is 4.70 Å². The largest absolute Gasteiger partial charge is 0.300 e. The van der Waals surface area contributed by atoms with Gasteiger partial charge < -0.3 is 4.90 Å². The monoisotopic (exact) mass is 273 g/mol. The molecule has 0 aromatic rings. The number of nitrogens with zero attached hydrogens (tertiary/aromatic N) is 1. The molecule has 0 radical (unpaired) electrons. The Morgan fingerprint density at radius 2 is 1.47 bits per heavy atom. The molecule has 0 N–H and O–H groups in total. The van der Waals surface area contributed by atoms with Crippen LogP contribution in [0.3, 0.4) is 0 Å². The van der Waals surface area contributed by atoms with Crippen molar-refractivity contribution in [1.29, 1.82) is 0 Å². The van der Waals surface area contributed by atoms with Gasteiger partial charge in [0.15, 0.2) is 0 Å². The van der Waals surface area contributed by atoms with Gasteiger partial charge in [0.25, 0.3) is 0 Å². The number of halogens is 1. The molecule has 1 fully saturated rings. The van der Waals surface area contributed by atoms with E-state index in [-0.39, 0.29) is 4.70 Å². The average Bonchev–Trinajstić information content (AvgIpc) is 2.81. The van der Waals surface area contributed by atoms with Crippen molar-refractivity contribution in [3.63, 3.8) is 0 Å². The molecule has 1 atom stereocenters. The van der Waals surface area contributed by atoms with Gasteiger partial charge in [0, 0.05) is 6.04 Å². The highest BCUT2D eigenvalue weighted by atomic mass is 19.0. The van der Waals surface area contributed by atoms with E-state index in [1.807, 2.05) is 0 Å². The molecule has 116 valence electrons. The lowest BCUT2D eigenvalue weighted by molar-refractivity contribution is 0.236. The molecule has 1 nitrogen and oxygen atoms in total. The van der Waals surface area contributed by atoms with Crippen LogP contribution in [0.5, 0.6) is 0 Å². The molecule has 19 heavy (non-hydrogen) atoms. The van der Waals surface area contributed by atoms with E-state index >= 15 is 0 Å². The summed E-state index contributed by atoms with van der Waals surface area (Å²) >= 11 is 0. The zero-order valence-electron chi connectivity index (χ0n) is 13.3. The fourth-order valence-electron chi connectivity index (χ4n) is 3.30. The molecule has 1 rings (SSSR count). The summed E-state index contributed by atoms with van der Waals surface area (Å²) in [5.41, 5.74) is 0. The van der Waals surface area contributed by atoms with Gasteiger partial charge in [0.1, 0.15) is 0 Å². The molecule has 0 aliphatic carbocycles. The Morgan fingerprint density at radius 1 is 0.842 bits per heavy atom. The van der Waals surface area contributed by atoms with Crippen molar-refractivity contribution in [3.8, 4) is 0 Å². The van der Waals surface area contributed by atoms with Crippen LogP contribution >= 0.6 is 0 Å². The van der Waals surface area contributed by atoms with E-state index in [1.54, 1.807) is 0 Å². The minimum absolute atomic E-state index is 0. The van der Waals surface area contributed by atoms with Crippen molar-refractivity contribution >= 4 is 0 Å². The number of hydrogen-bond acceptors (Lipinski definition) is 1. The van der Waals surface area contributed by atoms with Crippen LogP contribution in [0.2, 0.25) is 0 Å². The maximum atomic E-state index is 2.76. The smallest absolute Gasteiger partial charge is 0.00956 e. The Morgan fingerprint density at radius 3 is 2.11 bits per heavy atom. The van der Waals surface area contributed by atoms with Crippen LogP contribution in [0.25, 0.3) is 0 Å². The van der Waals surface area contributed by atoms with E-state index < -0.39 is 0 Å². The standard InChI is InChI=1S/C17H35N.FH/c1-3-5-6-7-8-9-10-11-15-18-16-12-14-17(18)13-4-2;/h17H,3-16H2,1-2H3;1H. The Labute approximate surface area is 120 Å². The molecular weight excluding hydrogens is 237 g/mol. The first-order valence-electron chi connectivity index (χ1n) is 8.62. The van der Waals surface area contributed by atoms with Crippen LogP contribution < -0.4 is 0 Å². The zero-order valence-corrected chi connectivity index (χ0v) is 13.3. The summed E-state index contributed by atoms with van der Waals surface area (Å²) in [5.74, 6) is 0. The van der Waals surface area contributed by atoms with Crippen molar-refractivity contribution in [3.05, 3.63) is 0 Å². The highest BCUT2D eigenvalue weighted by molar-refractivity contribution is 4.78. The van der Waals surface area contributed by atoms with Crippen LogP contribution in [0.4, 0.5) is 4.70 Å². The second-order valence-electron chi connectivity index (χ2n) is 6.10. The molecule has 0 bridgehead atoms. The number of rotatable bonds is 11. The van der Waals surface area contributed by atoms with E-state index in [9.17, 15) is 0 Å². The van der Waals surface area contributed by atoms with Crippen molar-refractivity contribution in [2.75, 3.05) is 13.1 Å². The molecule has 0 aromatic heterocycles. The van der Waals surface area contributed by atoms with E-state index in [0.29, 0.717) is 0 Å². The van der Waals surface area contributed by atoms with Gasteiger partial charge in [-0.25, -0.2) is 0 Å². The zero-order chi connectivity index (χ0) is 13.1. The van der Waals surface area contributed by atoms with Gasteiger partial charge in [-0.1, -0.05) is 65.2 Å². The quantitative estimate of drug-likeness (QED) is 0.446. The molecule has 1 heterocycles. The van der Waals surface area contributed by atoms with Crippen LogP contribution in [-0.2, 0) is 0 Å². The van der Waals surface area contributed by atoms with Gasteiger partial charge >= 0.3 is 0 Å². The Balaban J connectivity index is 0.00000324. The molecule has 0 aromatic carbocycles. The first kappa shape index (κ1) is 18.9. The Bertz CT molecular complexity index is 184.